The number of hydrogen-bond donors (Lipinski definition) is 2. The first-order chi connectivity index (χ1) is 15.0. The van der Waals surface area contributed by atoms with Crippen LogP contribution in [0, 0.1) is 22.6 Å². The minimum absolute atomic E-state index is 0.0476. The number of carbonyl (C=O) groups is 1. The van der Waals surface area contributed by atoms with Crippen molar-refractivity contribution in [2.75, 3.05) is 32.8 Å². The molecule has 6 nitrogen and oxygen atoms in total. The van der Waals surface area contributed by atoms with Gasteiger partial charge in [0.25, 0.3) is 0 Å². The number of rotatable bonds is 6. The summed E-state index contributed by atoms with van der Waals surface area (Å²) in [6, 6.07) is 5.73. The summed E-state index contributed by atoms with van der Waals surface area (Å²) in [6.45, 7) is 3.63. The third kappa shape index (κ3) is 5.02. The van der Waals surface area contributed by atoms with E-state index in [1.807, 2.05) is 10.8 Å². The lowest BCUT2D eigenvalue weighted by Crippen LogP contribution is -2.45. The minimum Gasteiger partial charge on any atom is -0.490 e. The first-order valence-corrected chi connectivity index (χ1v) is 11.6. The van der Waals surface area contributed by atoms with Gasteiger partial charge in [-0.05, 0) is 63.2 Å². The highest BCUT2D eigenvalue weighted by molar-refractivity contribution is 7.08. The largest absolute Gasteiger partial charge is 0.490 e. The minimum atomic E-state index is -0.330. The molecule has 2 N–H and O–H groups in total. The fraction of sp³-hybridized carbons (Fsp3) is 0.435. The van der Waals surface area contributed by atoms with Crippen molar-refractivity contribution in [2.45, 2.75) is 25.7 Å². The Bertz CT molecular complexity index is 951. The third-order valence-corrected chi connectivity index (χ3v) is 6.76. The van der Waals surface area contributed by atoms with E-state index in [4.69, 9.17) is 15.6 Å². The van der Waals surface area contributed by atoms with Gasteiger partial charge in [0, 0.05) is 28.7 Å². The molecule has 2 aliphatic heterocycles. The van der Waals surface area contributed by atoms with Crippen LogP contribution in [-0.4, -0.2) is 60.0 Å². The second-order valence-electron chi connectivity index (χ2n) is 8.03. The number of nitrogens with one attached hydrogen (secondary N) is 2. The van der Waals surface area contributed by atoms with Gasteiger partial charge in [-0.25, -0.2) is 4.39 Å². The number of Topliss-reactive ketones (excluding diaryl/α,β-unsaturated/α-hetero) is 1. The summed E-state index contributed by atoms with van der Waals surface area (Å²) in [6.07, 6.45) is 2.99. The predicted molar refractivity (Wildman–Crippen MR) is 120 cm³/mol. The summed E-state index contributed by atoms with van der Waals surface area (Å²) in [4.78, 5) is 16.4. The van der Waals surface area contributed by atoms with Gasteiger partial charge in [0.1, 0.15) is 29.8 Å². The van der Waals surface area contributed by atoms with Gasteiger partial charge < -0.3 is 14.5 Å². The third-order valence-electron chi connectivity index (χ3n) is 6.03. The normalized spacial score (nSPS) is 17.7. The molecule has 31 heavy (non-hydrogen) atoms. The van der Waals surface area contributed by atoms with Gasteiger partial charge in [-0.1, -0.05) is 0 Å². The molecule has 3 heterocycles. The van der Waals surface area contributed by atoms with Crippen molar-refractivity contribution < 1.29 is 13.9 Å². The van der Waals surface area contributed by atoms with E-state index in [9.17, 15) is 9.18 Å². The molecule has 0 amide bonds. The lowest BCUT2D eigenvalue weighted by molar-refractivity contribution is 0.0972. The highest BCUT2D eigenvalue weighted by atomic mass is 32.1. The Morgan fingerprint density at radius 1 is 1.16 bits per heavy atom. The summed E-state index contributed by atoms with van der Waals surface area (Å²) >= 11 is 1.52. The van der Waals surface area contributed by atoms with Gasteiger partial charge in [0.2, 0.25) is 0 Å². The number of amidine groups is 2. The Labute approximate surface area is 185 Å². The van der Waals surface area contributed by atoms with Crippen LogP contribution in [0.1, 0.15) is 41.6 Å². The molecule has 0 unspecified atom stereocenters. The van der Waals surface area contributed by atoms with Crippen LogP contribution in [0.3, 0.4) is 0 Å². The van der Waals surface area contributed by atoms with Crippen LogP contribution in [0.25, 0.3) is 0 Å². The molecule has 1 aromatic carbocycles. The van der Waals surface area contributed by atoms with E-state index in [1.54, 1.807) is 17.0 Å². The zero-order valence-electron chi connectivity index (χ0n) is 17.4. The van der Waals surface area contributed by atoms with Crippen molar-refractivity contribution in [3.05, 3.63) is 52.0 Å². The van der Waals surface area contributed by atoms with Crippen LogP contribution in [0.4, 0.5) is 4.39 Å². The van der Waals surface area contributed by atoms with Crippen LogP contribution >= 0.6 is 11.3 Å². The zero-order chi connectivity index (χ0) is 21.8. The smallest absolute Gasteiger partial charge is 0.162 e. The fourth-order valence-electron chi connectivity index (χ4n) is 4.21. The average molecular weight is 443 g/mol. The second-order valence-corrected chi connectivity index (χ2v) is 8.78. The second kappa shape index (κ2) is 9.70. The van der Waals surface area contributed by atoms with Crippen molar-refractivity contribution in [3.63, 3.8) is 0 Å². The topological polar surface area (TPSA) is 80.5 Å². The molecule has 2 aromatic rings. The molecule has 1 saturated heterocycles. The number of nitrogens with zero attached hydrogens (tertiary/aromatic N) is 2. The van der Waals surface area contributed by atoms with Crippen molar-refractivity contribution in [3.8, 4) is 5.75 Å². The summed E-state index contributed by atoms with van der Waals surface area (Å²) in [5, 5.41) is 21.1. The van der Waals surface area contributed by atoms with Crippen molar-refractivity contribution in [2.24, 2.45) is 5.92 Å². The van der Waals surface area contributed by atoms with E-state index in [0.29, 0.717) is 36.8 Å². The molecular formula is C23H27FN4O2S. The average Bonchev–Trinajstić information content (AvgIpc) is 3.19. The molecule has 1 aromatic heterocycles. The van der Waals surface area contributed by atoms with E-state index < -0.39 is 0 Å². The van der Waals surface area contributed by atoms with Crippen molar-refractivity contribution in [1.82, 2.24) is 9.80 Å². The van der Waals surface area contributed by atoms with Crippen LogP contribution in [0.5, 0.6) is 5.75 Å². The Morgan fingerprint density at radius 2 is 1.90 bits per heavy atom. The van der Waals surface area contributed by atoms with Crippen LogP contribution in [0.2, 0.25) is 0 Å². The number of hydrogen-bond acceptors (Lipinski definition) is 6. The van der Waals surface area contributed by atoms with E-state index in [0.717, 1.165) is 50.2 Å². The number of benzene rings is 1. The molecule has 1 fully saturated rings. The molecule has 8 heteroatoms. The maximum Gasteiger partial charge on any atom is 0.162 e. The molecule has 0 bridgehead atoms. The van der Waals surface area contributed by atoms with Crippen LogP contribution < -0.4 is 4.74 Å². The summed E-state index contributed by atoms with van der Waals surface area (Å²) in [5.74, 6) is 1.47. The van der Waals surface area contributed by atoms with Gasteiger partial charge in [-0.15, -0.1) is 11.3 Å². The number of ketones is 1. The highest BCUT2D eigenvalue weighted by Gasteiger charge is 2.30. The van der Waals surface area contributed by atoms with Gasteiger partial charge in [-0.3, -0.25) is 15.6 Å². The van der Waals surface area contributed by atoms with Crippen molar-refractivity contribution in [1.29, 1.82) is 10.8 Å². The molecule has 0 atom stereocenters. The summed E-state index contributed by atoms with van der Waals surface area (Å²) in [5.41, 5.74) is 1.33. The molecule has 0 radical (unpaired) electrons. The monoisotopic (exact) mass is 442 g/mol. The Morgan fingerprint density at radius 3 is 2.65 bits per heavy atom. The number of halogens is 1. The zero-order valence-corrected chi connectivity index (χ0v) is 18.2. The van der Waals surface area contributed by atoms with E-state index in [1.165, 1.54) is 23.5 Å². The maximum atomic E-state index is 13.0. The van der Waals surface area contributed by atoms with Gasteiger partial charge in [-0.2, -0.15) is 0 Å². The SMILES string of the molecule is N=C1c2cscc2OCCN1C(=N)C1CCN(CCCC(=O)c2ccc(F)cc2)CC1. The number of piperidine rings is 1. The molecule has 0 spiro atoms. The predicted octanol–water partition coefficient (Wildman–Crippen LogP) is 4.26. The summed E-state index contributed by atoms with van der Waals surface area (Å²) in [7, 11) is 0. The number of likely N-dealkylation sites (tertiary alicyclic amines) is 1. The van der Waals surface area contributed by atoms with E-state index in [2.05, 4.69) is 4.90 Å². The van der Waals surface area contributed by atoms with E-state index >= 15 is 0 Å². The molecule has 164 valence electrons. The Hall–Kier alpha value is -2.58. The standard InChI is InChI=1S/C23H27FN4O2S/c24-18-5-3-16(4-6-18)20(29)2-1-9-27-10-7-17(8-11-27)22(25)28-12-13-30-21-15-31-14-19(21)23(28)26/h3-6,14-15,17,25-26H,1-2,7-13H2. The molecule has 2 aliphatic rings. The van der Waals surface area contributed by atoms with Gasteiger partial charge in [0.05, 0.1) is 12.1 Å². The molecule has 0 saturated carbocycles. The van der Waals surface area contributed by atoms with Gasteiger partial charge in [0.15, 0.2) is 5.78 Å². The molecule has 0 aliphatic carbocycles. The molecular weight excluding hydrogens is 415 g/mol. The first-order valence-electron chi connectivity index (χ1n) is 10.7. The Balaban J connectivity index is 1.23. The summed E-state index contributed by atoms with van der Waals surface area (Å²) < 4.78 is 18.7. The maximum absolute atomic E-state index is 13.0. The number of fused-ring (bicyclic) bond motifs is 1. The van der Waals surface area contributed by atoms with Gasteiger partial charge >= 0.3 is 0 Å². The lowest BCUT2D eigenvalue weighted by atomic mass is 9.94. The Kier molecular flexibility index (Phi) is 6.77. The number of carbonyl (C=O) groups excluding carboxylic acids is 1. The van der Waals surface area contributed by atoms with Crippen LogP contribution in [0.15, 0.2) is 35.0 Å². The highest BCUT2D eigenvalue weighted by Crippen LogP contribution is 2.29. The first kappa shape index (κ1) is 21.6. The fourth-order valence-corrected chi connectivity index (χ4v) is 4.96. The van der Waals surface area contributed by atoms with Crippen molar-refractivity contribution >= 4 is 28.8 Å². The number of thiophene rings is 1. The number of ether oxygens (including phenoxy) is 1. The molecule has 4 rings (SSSR count). The lowest BCUT2D eigenvalue weighted by Gasteiger charge is -2.35. The van der Waals surface area contributed by atoms with E-state index in [-0.39, 0.29) is 17.5 Å². The van der Waals surface area contributed by atoms with Crippen LogP contribution in [-0.2, 0) is 0 Å². The quantitative estimate of drug-likeness (QED) is 0.398.